The zero-order valence-corrected chi connectivity index (χ0v) is 14.2. The number of aromatic amines is 1. The second-order valence-corrected chi connectivity index (χ2v) is 6.44. The van der Waals surface area contributed by atoms with Gasteiger partial charge in [-0.25, -0.2) is 9.97 Å². The summed E-state index contributed by atoms with van der Waals surface area (Å²) in [4.78, 5) is 32.8. The first-order chi connectivity index (χ1) is 12.1. The van der Waals surface area contributed by atoms with Gasteiger partial charge < -0.3 is 25.8 Å². The fourth-order valence-corrected chi connectivity index (χ4v) is 3.50. The van der Waals surface area contributed by atoms with Gasteiger partial charge in [-0.15, -0.1) is 0 Å². The zero-order valence-electron chi connectivity index (χ0n) is 14.2. The fourth-order valence-electron chi connectivity index (χ4n) is 3.50. The van der Waals surface area contributed by atoms with E-state index >= 15 is 0 Å². The first-order valence-corrected chi connectivity index (χ1v) is 8.52. The minimum atomic E-state index is -0.349. The Bertz CT molecular complexity index is 760. The number of nitrogen functional groups attached to an aromatic ring is 1. The molecular formula is C16H22N8O. The van der Waals surface area contributed by atoms with Crippen molar-refractivity contribution in [3.8, 4) is 0 Å². The van der Waals surface area contributed by atoms with Crippen LogP contribution in [0.5, 0.6) is 0 Å². The van der Waals surface area contributed by atoms with Crippen LogP contribution in [0.3, 0.4) is 0 Å². The molecule has 2 aromatic rings. The molecule has 0 aliphatic carbocycles. The second kappa shape index (κ2) is 6.32. The molecule has 1 atom stereocenters. The molecule has 132 valence electrons. The van der Waals surface area contributed by atoms with Crippen molar-refractivity contribution in [2.75, 3.05) is 43.4 Å². The average Bonchev–Trinajstić information content (AvgIpc) is 3.09. The number of fused-ring (bicyclic) bond motifs is 1. The maximum atomic E-state index is 12.9. The summed E-state index contributed by atoms with van der Waals surface area (Å²) in [6.07, 6.45) is 2.54. The Morgan fingerprint density at radius 2 is 2.08 bits per heavy atom. The van der Waals surface area contributed by atoms with Crippen molar-refractivity contribution in [2.24, 2.45) is 0 Å². The number of aromatic nitrogens is 4. The molecule has 0 aromatic carbocycles. The Kier molecular flexibility index (Phi) is 4.00. The van der Waals surface area contributed by atoms with Crippen LogP contribution in [0.4, 0.5) is 11.8 Å². The van der Waals surface area contributed by atoms with Crippen LogP contribution in [-0.4, -0.2) is 63.5 Å². The Labute approximate surface area is 145 Å². The Balaban J connectivity index is 1.43. The van der Waals surface area contributed by atoms with E-state index in [-0.39, 0.29) is 17.9 Å². The summed E-state index contributed by atoms with van der Waals surface area (Å²) in [5, 5.41) is 3.29. The van der Waals surface area contributed by atoms with Gasteiger partial charge in [-0.2, -0.15) is 4.98 Å². The van der Waals surface area contributed by atoms with Gasteiger partial charge in [-0.05, 0) is 6.92 Å². The summed E-state index contributed by atoms with van der Waals surface area (Å²) in [5.74, 6) is 1.19. The predicted molar refractivity (Wildman–Crippen MR) is 93.0 cm³/mol. The van der Waals surface area contributed by atoms with Crippen LogP contribution >= 0.6 is 0 Å². The number of piperazine rings is 1. The molecule has 4 rings (SSSR count). The maximum absolute atomic E-state index is 12.9. The van der Waals surface area contributed by atoms with Crippen molar-refractivity contribution in [3.05, 3.63) is 29.5 Å². The van der Waals surface area contributed by atoms with Gasteiger partial charge in [0.15, 0.2) is 0 Å². The van der Waals surface area contributed by atoms with E-state index in [1.807, 2.05) is 17.9 Å². The molecule has 2 aliphatic rings. The molecule has 0 spiro atoms. The third-order valence-electron chi connectivity index (χ3n) is 4.77. The van der Waals surface area contributed by atoms with Crippen molar-refractivity contribution in [1.29, 1.82) is 0 Å². The molecule has 0 bridgehead atoms. The van der Waals surface area contributed by atoms with Crippen LogP contribution < -0.4 is 16.0 Å². The van der Waals surface area contributed by atoms with Crippen LogP contribution in [0, 0.1) is 6.92 Å². The van der Waals surface area contributed by atoms with Gasteiger partial charge in [0, 0.05) is 56.6 Å². The van der Waals surface area contributed by atoms with Gasteiger partial charge in [0.05, 0.1) is 12.0 Å². The number of carbonyl (C=O) groups is 1. The number of hydrogen-bond donors (Lipinski definition) is 3. The summed E-state index contributed by atoms with van der Waals surface area (Å²) >= 11 is 0. The smallest absolute Gasteiger partial charge is 0.246 e. The van der Waals surface area contributed by atoms with Crippen molar-refractivity contribution < 1.29 is 4.79 Å². The van der Waals surface area contributed by atoms with Crippen LogP contribution in [0.15, 0.2) is 12.4 Å². The number of nitrogens with zero attached hydrogens (tertiary/aromatic N) is 5. The molecule has 4 heterocycles. The van der Waals surface area contributed by atoms with Crippen LogP contribution in [0.1, 0.15) is 23.1 Å². The minimum Gasteiger partial charge on any atom is -0.368 e. The summed E-state index contributed by atoms with van der Waals surface area (Å²) < 4.78 is 0. The third kappa shape index (κ3) is 3.02. The van der Waals surface area contributed by atoms with Crippen molar-refractivity contribution in [3.63, 3.8) is 0 Å². The molecule has 1 amide bonds. The Morgan fingerprint density at radius 3 is 2.84 bits per heavy atom. The van der Waals surface area contributed by atoms with E-state index in [0.717, 1.165) is 49.0 Å². The highest BCUT2D eigenvalue weighted by atomic mass is 16.2. The first kappa shape index (κ1) is 15.8. The second-order valence-electron chi connectivity index (χ2n) is 6.44. The largest absolute Gasteiger partial charge is 0.368 e. The number of hydrogen-bond acceptors (Lipinski definition) is 7. The number of H-pyrrole nitrogens is 1. The quantitative estimate of drug-likeness (QED) is 0.681. The molecule has 2 aliphatic heterocycles. The van der Waals surface area contributed by atoms with E-state index in [4.69, 9.17) is 5.73 Å². The summed E-state index contributed by atoms with van der Waals surface area (Å²) in [6.45, 7) is 5.44. The highest BCUT2D eigenvalue weighted by Crippen LogP contribution is 2.23. The van der Waals surface area contributed by atoms with Crippen LogP contribution in [-0.2, 0) is 11.2 Å². The van der Waals surface area contributed by atoms with E-state index in [1.165, 1.54) is 0 Å². The molecule has 9 heteroatoms. The number of nitrogens with one attached hydrogen (secondary N) is 2. The van der Waals surface area contributed by atoms with Gasteiger partial charge in [-0.3, -0.25) is 4.79 Å². The third-order valence-corrected chi connectivity index (χ3v) is 4.77. The molecule has 2 aromatic heterocycles. The molecule has 0 radical (unpaired) electrons. The van der Waals surface area contributed by atoms with E-state index in [2.05, 4.69) is 30.2 Å². The van der Waals surface area contributed by atoms with Gasteiger partial charge in [0.25, 0.3) is 0 Å². The number of nitrogens with two attached hydrogens (primary N) is 1. The topological polar surface area (TPSA) is 116 Å². The lowest BCUT2D eigenvalue weighted by molar-refractivity contribution is -0.134. The van der Waals surface area contributed by atoms with Gasteiger partial charge >= 0.3 is 0 Å². The highest BCUT2D eigenvalue weighted by molar-refractivity contribution is 5.83. The summed E-state index contributed by atoms with van der Waals surface area (Å²) in [6, 6.07) is 1.57. The molecule has 0 unspecified atom stereocenters. The lowest BCUT2D eigenvalue weighted by Gasteiger charge is -2.37. The minimum absolute atomic E-state index is 0.0890. The lowest BCUT2D eigenvalue weighted by Crippen LogP contribution is -2.52. The molecule has 25 heavy (non-hydrogen) atoms. The summed E-state index contributed by atoms with van der Waals surface area (Å²) in [7, 11) is 0. The van der Waals surface area contributed by atoms with Gasteiger partial charge in [0.1, 0.15) is 11.9 Å². The Hall–Kier alpha value is -2.68. The molecule has 1 fully saturated rings. The number of anilines is 2. The van der Waals surface area contributed by atoms with Crippen molar-refractivity contribution in [2.45, 2.75) is 19.4 Å². The standard InChI is InChI=1S/C16H22N8O/c1-10-8-12(22-16(17)21-10)23-4-6-24(7-5-23)15(25)14-13-11(2-3-18-14)19-9-20-13/h8-9,14,18H,2-7H2,1H3,(H,19,20)(H2,17,21,22)/t14-/m0/s1. The summed E-state index contributed by atoms with van der Waals surface area (Å²) in [5.41, 5.74) is 8.48. The van der Waals surface area contributed by atoms with E-state index < -0.39 is 0 Å². The molecule has 1 saturated heterocycles. The fraction of sp³-hybridized carbons (Fsp3) is 0.500. The first-order valence-electron chi connectivity index (χ1n) is 8.52. The maximum Gasteiger partial charge on any atom is 0.246 e. The van der Waals surface area contributed by atoms with E-state index in [0.29, 0.717) is 13.1 Å². The lowest BCUT2D eigenvalue weighted by atomic mass is 10.0. The number of imidazole rings is 1. The number of aryl methyl sites for hydroxylation is 1. The van der Waals surface area contributed by atoms with Gasteiger partial charge in [-0.1, -0.05) is 0 Å². The molecule has 4 N–H and O–H groups in total. The molecular weight excluding hydrogens is 320 g/mol. The number of carbonyl (C=O) groups excluding carboxylic acids is 1. The van der Waals surface area contributed by atoms with Crippen molar-refractivity contribution in [1.82, 2.24) is 30.2 Å². The number of rotatable bonds is 2. The van der Waals surface area contributed by atoms with Gasteiger partial charge in [0.2, 0.25) is 11.9 Å². The monoisotopic (exact) mass is 342 g/mol. The predicted octanol–water partition coefficient (Wildman–Crippen LogP) is -0.374. The van der Waals surface area contributed by atoms with E-state index in [9.17, 15) is 4.79 Å². The number of amides is 1. The SMILES string of the molecule is Cc1cc(N2CCN(C(=O)[C@H]3NCCc4[nH]cnc43)CC2)nc(N)n1. The van der Waals surface area contributed by atoms with Crippen molar-refractivity contribution >= 4 is 17.7 Å². The zero-order chi connectivity index (χ0) is 17.4. The molecule has 9 nitrogen and oxygen atoms in total. The van der Waals surface area contributed by atoms with E-state index in [1.54, 1.807) is 6.33 Å². The van der Waals surface area contributed by atoms with Crippen LogP contribution in [0.25, 0.3) is 0 Å². The van der Waals surface area contributed by atoms with Crippen LogP contribution in [0.2, 0.25) is 0 Å². The molecule has 0 saturated carbocycles. The average molecular weight is 342 g/mol. The normalized spacial score (nSPS) is 20.4. The highest BCUT2D eigenvalue weighted by Gasteiger charge is 2.33. The Morgan fingerprint density at radius 1 is 1.28 bits per heavy atom.